The lowest BCUT2D eigenvalue weighted by Gasteiger charge is -2.23. The van der Waals surface area contributed by atoms with Crippen LogP contribution in [0.5, 0.6) is 0 Å². The number of quaternary nitrogens is 1. The van der Waals surface area contributed by atoms with Crippen LogP contribution < -0.4 is 0 Å². The van der Waals surface area contributed by atoms with Gasteiger partial charge in [-0.2, -0.15) is 4.89 Å². The molecule has 0 amide bonds. The van der Waals surface area contributed by atoms with Crippen LogP contribution in [0.4, 0.5) is 0 Å². The number of likely N-dealkylation sites (N-methyl/N-ethyl adjacent to an activating group) is 1. The van der Waals surface area contributed by atoms with Gasteiger partial charge in [-0.05, 0) is 0 Å². The molecule has 9 heteroatoms. The molecule has 0 aliphatic rings. The fraction of sp³-hybridized carbons (Fsp3) is 0.727. The van der Waals surface area contributed by atoms with Crippen LogP contribution in [-0.4, -0.2) is 77.6 Å². The Balaban J connectivity index is 4.28. The van der Waals surface area contributed by atoms with E-state index in [9.17, 15) is 19.5 Å². The van der Waals surface area contributed by atoms with E-state index in [0.717, 1.165) is 0 Å². The van der Waals surface area contributed by atoms with Crippen molar-refractivity contribution >= 4 is 17.9 Å². The summed E-state index contributed by atoms with van der Waals surface area (Å²) in [5.74, 6) is -4.52. The van der Waals surface area contributed by atoms with E-state index in [0.29, 0.717) is 11.0 Å². The lowest BCUT2D eigenvalue weighted by atomic mass is 9.96. The second kappa shape index (κ2) is 7.17. The molecule has 0 aliphatic heterocycles. The third-order valence-electron chi connectivity index (χ3n) is 2.28. The van der Waals surface area contributed by atoms with Crippen molar-refractivity contribution < 1.29 is 44.0 Å². The van der Waals surface area contributed by atoms with E-state index in [-0.39, 0.29) is 6.61 Å². The van der Waals surface area contributed by atoms with Crippen molar-refractivity contribution in [1.82, 2.24) is 0 Å². The maximum atomic E-state index is 11.3. The zero-order chi connectivity index (χ0) is 16.0. The zero-order valence-corrected chi connectivity index (χ0v) is 11.7. The van der Waals surface area contributed by atoms with E-state index in [2.05, 4.69) is 9.78 Å². The Morgan fingerprint density at radius 3 is 2.05 bits per heavy atom. The summed E-state index contributed by atoms with van der Waals surface area (Å²) in [6.45, 7) is 0.616. The predicted octanol–water partition coefficient (Wildman–Crippen LogP) is -1.15. The molecule has 1 unspecified atom stereocenters. The molecule has 9 nitrogen and oxygen atoms in total. The molecule has 3 N–H and O–H groups in total. The molecule has 0 saturated carbocycles. The second-order valence-corrected chi connectivity index (χ2v) is 5.38. The fourth-order valence-corrected chi connectivity index (χ4v) is 1.15. The lowest BCUT2D eigenvalue weighted by molar-refractivity contribution is -0.871. The highest BCUT2D eigenvalue weighted by atomic mass is 17.2. The summed E-state index contributed by atoms with van der Waals surface area (Å²) in [7, 11) is 5.67. The van der Waals surface area contributed by atoms with Crippen LogP contribution in [0.15, 0.2) is 0 Å². The van der Waals surface area contributed by atoms with Crippen molar-refractivity contribution in [2.75, 3.05) is 34.3 Å². The summed E-state index contributed by atoms with van der Waals surface area (Å²) in [5, 5.41) is 26.8. The van der Waals surface area contributed by atoms with E-state index < -0.39 is 36.4 Å². The average molecular weight is 294 g/mol. The van der Waals surface area contributed by atoms with Crippen molar-refractivity contribution in [2.45, 2.75) is 18.4 Å². The molecule has 116 valence electrons. The van der Waals surface area contributed by atoms with Gasteiger partial charge in [0.25, 0.3) is 0 Å². The van der Waals surface area contributed by atoms with Crippen LogP contribution in [0.2, 0.25) is 0 Å². The monoisotopic (exact) mass is 294 g/mol. The van der Waals surface area contributed by atoms with Crippen molar-refractivity contribution in [3.8, 4) is 0 Å². The highest BCUT2D eigenvalue weighted by Gasteiger charge is 2.41. The third kappa shape index (κ3) is 7.67. The Morgan fingerprint density at radius 1 is 1.10 bits per heavy atom. The van der Waals surface area contributed by atoms with Gasteiger partial charge in [0.15, 0.2) is 5.60 Å². The first-order valence-corrected chi connectivity index (χ1v) is 5.76. The number of hydrogen-bond donors (Lipinski definition) is 3. The van der Waals surface area contributed by atoms with Gasteiger partial charge in [0.1, 0.15) is 13.2 Å². The van der Waals surface area contributed by atoms with Gasteiger partial charge in [0.05, 0.1) is 34.0 Å². The van der Waals surface area contributed by atoms with Gasteiger partial charge in [-0.25, -0.2) is 9.59 Å². The number of carbonyl (C=O) groups excluding carboxylic acids is 1. The van der Waals surface area contributed by atoms with Gasteiger partial charge in [0.2, 0.25) is 0 Å². The molecule has 0 radical (unpaired) electrons. The summed E-state index contributed by atoms with van der Waals surface area (Å²) in [6, 6.07) is 0. The van der Waals surface area contributed by atoms with Crippen LogP contribution in [0, 0.1) is 0 Å². The molecule has 0 aromatic heterocycles. The van der Waals surface area contributed by atoms with E-state index in [4.69, 9.17) is 10.2 Å². The van der Waals surface area contributed by atoms with Gasteiger partial charge < -0.3 is 19.8 Å². The molecule has 0 heterocycles. The van der Waals surface area contributed by atoms with Crippen LogP contribution >= 0.6 is 0 Å². The normalized spacial score (nSPS) is 14.4. The largest absolute Gasteiger partial charge is 0.481 e. The Hall–Kier alpha value is -1.71. The smallest absolute Gasteiger partial charge is 0.345 e. The molecule has 0 fully saturated rings. The molecule has 0 aromatic rings. The number of aliphatic hydroxyl groups is 1. The van der Waals surface area contributed by atoms with Gasteiger partial charge in [-0.15, -0.1) is 0 Å². The van der Waals surface area contributed by atoms with E-state index >= 15 is 0 Å². The molecule has 0 rings (SSSR count). The molecule has 20 heavy (non-hydrogen) atoms. The SMILES string of the molecule is C[N+](C)(C)CCOOC(=O)CC(O)(CC(=O)O)C(=O)O. The average Bonchev–Trinajstić information content (AvgIpc) is 2.21. The maximum Gasteiger partial charge on any atom is 0.345 e. The molecular weight excluding hydrogens is 274 g/mol. The van der Waals surface area contributed by atoms with E-state index in [1.807, 2.05) is 21.1 Å². The number of carboxylic acids is 2. The van der Waals surface area contributed by atoms with Crippen molar-refractivity contribution in [3.63, 3.8) is 0 Å². The topological polar surface area (TPSA) is 130 Å². The number of aliphatic carboxylic acids is 2. The van der Waals surface area contributed by atoms with Gasteiger partial charge in [0, 0.05) is 0 Å². The van der Waals surface area contributed by atoms with Crippen molar-refractivity contribution in [1.29, 1.82) is 0 Å². The summed E-state index contributed by atoms with van der Waals surface area (Å²) in [4.78, 5) is 41.4. The first-order chi connectivity index (χ1) is 8.96. The Kier molecular flexibility index (Phi) is 6.56. The Labute approximate surface area is 115 Å². The van der Waals surface area contributed by atoms with E-state index in [1.165, 1.54) is 0 Å². The van der Waals surface area contributed by atoms with Crippen LogP contribution in [-0.2, 0) is 24.2 Å². The quantitative estimate of drug-likeness (QED) is 0.210. The third-order valence-corrected chi connectivity index (χ3v) is 2.28. The summed E-state index contributed by atoms with van der Waals surface area (Å²) < 4.78 is 0.565. The highest BCUT2D eigenvalue weighted by molar-refractivity contribution is 5.88. The lowest BCUT2D eigenvalue weighted by Crippen LogP contribution is -2.43. The minimum absolute atomic E-state index is 0.0830. The Bertz CT molecular complexity index is 375. The molecule has 0 bridgehead atoms. The number of nitrogens with zero attached hydrogens (tertiary/aromatic N) is 1. The first-order valence-electron chi connectivity index (χ1n) is 5.76. The van der Waals surface area contributed by atoms with Gasteiger partial charge >= 0.3 is 17.9 Å². The van der Waals surface area contributed by atoms with Crippen molar-refractivity contribution in [2.24, 2.45) is 0 Å². The van der Waals surface area contributed by atoms with Gasteiger partial charge in [-0.3, -0.25) is 9.68 Å². The van der Waals surface area contributed by atoms with Crippen LogP contribution in [0.1, 0.15) is 12.8 Å². The fourth-order valence-electron chi connectivity index (χ4n) is 1.15. The summed E-state index contributed by atoms with van der Waals surface area (Å²) in [6.07, 6.45) is -2.13. The molecule has 0 spiro atoms. The highest BCUT2D eigenvalue weighted by Crippen LogP contribution is 2.17. The predicted molar refractivity (Wildman–Crippen MR) is 64.4 cm³/mol. The standard InChI is InChI=1S/C11H19NO8/c1-12(2,3)4-5-19-20-9(15)7-11(18,10(16)17)6-8(13)14/h18H,4-7H2,1-3H3,(H-,13,14,16,17)/p+1. The minimum Gasteiger partial charge on any atom is -0.481 e. The van der Waals surface area contributed by atoms with Crippen molar-refractivity contribution in [3.05, 3.63) is 0 Å². The number of hydrogen-bond acceptors (Lipinski definition) is 6. The second-order valence-electron chi connectivity index (χ2n) is 5.38. The number of rotatable bonds is 9. The molecule has 0 aliphatic carbocycles. The maximum absolute atomic E-state index is 11.3. The molecule has 0 saturated heterocycles. The molecule has 1 atom stereocenters. The van der Waals surface area contributed by atoms with E-state index in [1.54, 1.807) is 0 Å². The van der Waals surface area contributed by atoms with Gasteiger partial charge in [-0.1, -0.05) is 0 Å². The van der Waals surface area contributed by atoms with Crippen LogP contribution in [0.25, 0.3) is 0 Å². The molecular formula is C11H20NO8+. The first kappa shape index (κ1) is 18.3. The zero-order valence-electron chi connectivity index (χ0n) is 11.7. The summed E-state index contributed by atoms with van der Waals surface area (Å²) >= 11 is 0. The minimum atomic E-state index is -2.72. The van der Waals surface area contributed by atoms with Crippen LogP contribution in [0.3, 0.4) is 0 Å². The number of carboxylic acid groups (broad SMARTS) is 2. The molecule has 0 aromatic carbocycles. The summed E-state index contributed by atoms with van der Waals surface area (Å²) in [5.41, 5.74) is -2.72. The number of carbonyl (C=O) groups is 3. The Morgan fingerprint density at radius 2 is 1.65 bits per heavy atom.